The molecule has 0 aliphatic rings. The van der Waals surface area contributed by atoms with Crippen LogP contribution in [-0.2, 0) is 9.47 Å². The highest BCUT2D eigenvalue weighted by molar-refractivity contribution is 5.91. The van der Waals surface area contributed by atoms with Gasteiger partial charge in [0.1, 0.15) is 16.9 Å². The second kappa shape index (κ2) is 4.96. The molecule has 0 saturated carbocycles. The van der Waals surface area contributed by atoms with E-state index in [1.165, 1.54) is 17.7 Å². The van der Waals surface area contributed by atoms with E-state index >= 15 is 0 Å². The fourth-order valence-corrected chi connectivity index (χ4v) is 1.71. The predicted molar refractivity (Wildman–Crippen MR) is 71.7 cm³/mol. The molecule has 2 rings (SSSR count). The van der Waals surface area contributed by atoms with Gasteiger partial charge in [0.05, 0.1) is 7.11 Å². The van der Waals surface area contributed by atoms with Crippen molar-refractivity contribution in [2.45, 2.75) is 26.4 Å². The van der Waals surface area contributed by atoms with E-state index in [1.54, 1.807) is 39.0 Å². The molecule has 2 heterocycles. The minimum Gasteiger partial charge on any atom is -0.464 e. The van der Waals surface area contributed by atoms with Gasteiger partial charge in [0.25, 0.3) is 0 Å². The Bertz CT molecular complexity index is 667. The molecule has 0 spiro atoms. The van der Waals surface area contributed by atoms with Crippen molar-refractivity contribution in [1.82, 2.24) is 9.38 Å². The van der Waals surface area contributed by atoms with Crippen LogP contribution < -0.4 is 0 Å². The fourth-order valence-electron chi connectivity index (χ4n) is 1.71. The first-order valence-electron chi connectivity index (χ1n) is 6.11. The van der Waals surface area contributed by atoms with Gasteiger partial charge in [0.2, 0.25) is 0 Å². The first-order valence-corrected chi connectivity index (χ1v) is 6.11. The number of pyridine rings is 1. The second-order valence-corrected chi connectivity index (χ2v) is 5.26. The van der Waals surface area contributed by atoms with Crippen LogP contribution in [0.2, 0.25) is 0 Å². The van der Waals surface area contributed by atoms with Crippen molar-refractivity contribution in [1.29, 1.82) is 0 Å². The van der Waals surface area contributed by atoms with Gasteiger partial charge in [-0.2, -0.15) is 0 Å². The molecule has 106 valence electrons. The molecule has 0 radical (unpaired) electrons. The van der Waals surface area contributed by atoms with Gasteiger partial charge in [-0.15, -0.1) is 0 Å². The van der Waals surface area contributed by atoms with Crippen molar-refractivity contribution < 1.29 is 19.1 Å². The Balaban J connectivity index is 2.44. The lowest BCUT2D eigenvalue weighted by atomic mass is 10.2. The topological polar surface area (TPSA) is 69.9 Å². The number of hydrogen-bond acceptors (Lipinski definition) is 5. The molecule has 0 aromatic carbocycles. The van der Waals surface area contributed by atoms with Crippen molar-refractivity contribution in [2.75, 3.05) is 7.11 Å². The van der Waals surface area contributed by atoms with Gasteiger partial charge in [-0.3, -0.25) is 4.40 Å². The molecular weight excluding hydrogens is 260 g/mol. The molecule has 2 aromatic rings. The standard InChI is InChI=1S/C14H16N2O4/c1-14(2,3)20-12(17)9-8-16-10(13(18)19-4)6-5-7-11(16)15-9/h5-8H,1-4H3. The van der Waals surface area contributed by atoms with Crippen LogP contribution in [0.15, 0.2) is 24.4 Å². The lowest BCUT2D eigenvalue weighted by Crippen LogP contribution is -2.24. The van der Waals surface area contributed by atoms with E-state index in [0.29, 0.717) is 11.3 Å². The summed E-state index contributed by atoms with van der Waals surface area (Å²) in [5.41, 5.74) is 0.329. The maximum absolute atomic E-state index is 12.0. The van der Waals surface area contributed by atoms with Gasteiger partial charge in [-0.25, -0.2) is 14.6 Å². The molecule has 6 nitrogen and oxygen atoms in total. The number of aromatic nitrogens is 2. The molecule has 0 aliphatic carbocycles. The molecule has 2 aromatic heterocycles. The lowest BCUT2D eigenvalue weighted by Gasteiger charge is -2.18. The van der Waals surface area contributed by atoms with Crippen LogP contribution in [0.25, 0.3) is 5.65 Å². The number of imidazole rings is 1. The van der Waals surface area contributed by atoms with Gasteiger partial charge >= 0.3 is 11.9 Å². The third kappa shape index (κ3) is 2.79. The molecule has 0 fully saturated rings. The summed E-state index contributed by atoms with van der Waals surface area (Å²) in [4.78, 5) is 27.8. The summed E-state index contributed by atoms with van der Waals surface area (Å²) >= 11 is 0. The van der Waals surface area contributed by atoms with Crippen molar-refractivity contribution in [3.05, 3.63) is 35.8 Å². The highest BCUT2D eigenvalue weighted by Crippen LogP contribution is 2.14. The number of esters is 2. The van der Waals surface area contributed by atoms with Crippen LogP contribution in [-0.4, -0.2) is 34.0 Å². The molecule has 6 heteroatoms. The zero-order valence-corrected chi connectivity index (χ0v) is 11.8. The number of rotatable bonds is 2. The quantitative estimate of drug-likeness (QED) is 0.785. The van der Waals surface area contributed by atoms with E-state index in [-0.39, 0.29) is 5.69 Å². The summed E-state index contributed by atoms with van der Waals surface area (Å²) in [6.45, 7) is 5.34. The summed E-state index contributed by atoms with van der Waals surface area (Å²) in [7, 11) is 1.30. The first kappa shape index (κ1) is 14.0. The van der Waals surface area contributed by atoms with Crippen molar-refractivity contribution >= 4 is 17.6 Å². The number of hydrogen-bond donors (Lipinski definition) is 0. The molecule has 20 heavy (non-hydrogen) atoms. The summed E-state index contributed by atoms with van der Waals surface area (Å²) < 4.78 is 11.4. The van der Waals surface area contributed by atoms with Crippen molar-refractivity contribution in [3.63, 3.8) is 0 Å². The molecule has 0 unspecified atom stereocenters. The minimum absolute atomic E-state index is 0.149. The SMILES string of the molecule is COC(=O)c1cccc2nc(C(=O)OC(C)(C)C)cn12. The zero-order chi connectivity index (χ0) is 14.9. The predicted octanol–water partition coefficient (Wildman–Crippen LogP) is 2.08. The normalized spacial score (nSPS) is 11.4. The Morgan fingerprint density at radius 1 is 1.20 bits per heavy atom. The first-order chi connectivity index (χ1) is 9.31. The van der Waals surface area contributed by atoms with Crippen molar-refractivity contribution in [2.24, 2.45) is 0 Å². The van der Waals surface area contributed by atoms with E-state index in [2.05, 4.69) is 4.98 Å². The average Bonchev–Trinajstić information content (AvgIpc) is 2.79. The Morgan fingerprint density at radius 2 is 1.90 bits per heavy atom. The van der Waals surface area contributed by atoms with E-state index in [1.807, 2.05) is 0 Å². The van der Waals surface area contributed by atoms with Crippen LogP contribution in [0.4, 0.5) is 0 Å². The number of ether oxygens (including phenoxy) is 2. The summed E-state index contributed by atoms with van der Waals surface area (Å²) in [5, 5.41) is 0. The van der Waals surface area contributed by atoms with Gasteiger partial charge in [0, 0.05) is 6.20 Å². The Labute approximate surface area is 116 Å². The van der Waals surface area contributed by atoms with Gasteiger partial charge in [-0.1, -0.05) is 6.07 Å². The summed E-state index contributed by atoms with van der Waals surface area (Å²) in [5.74, 6) is -1.03. The van der Waals surface area contributed by atoms with E-state index in [4.69, 9.17) is 9.47 Å². The van der Waals surface area contributed by atoms with E-state index in [9.17, 15) is 9.59 Å². The Morgan fingerprint density at radius 3 is 2.50 bits per heavy atom. The van der Waals surface area contributed by atoms with Gasteiger partial charge in [0.15, 0.2) is 5.69 Å². The highest BCUT2D eigenvalue weighted by atomic mass is 16.6. The molecule has 0 atom stereocenters. The Hall–Kier alpha value is -2.37. The van der Waals surface area contributed by atoms with E-state index in [0.717, 1.165) is 0 Å². The van der Waals surface area contributed by atoms with Crippen LogP contribution in [0.3, 0.4) is 0 Å². The third-order valence-electron chi connectivity index (χ3n) is 2.49. The molecule has 0 saturated heterocycles. The summed E-state index contributed by atoms with van der Waals surface area (Å²) in [6, 6.07) is 4.97. The summed E-state index contributed by atoms with van der Waals surface area (Å²) in [6.07, 6.45) is 1.47. The number of carbonyl (C=O) groups is 2. The van der Waals surface area contributed by atoms with Crippen LogP contribution in [0.5, 0.6) is 0 Å². The van der Waals surface area contributed by atoms with Gasteiger partial charge < -0.3 is 9.47 Å². The smallest absolute Gasteiger partial charge is 0.359 e. The van der Waals surface area contributed by atoms with Crippen LogP contribution in [0.1, 0.15) is 41.7 Å². The minimum atomic E-state index is -0.599. The monoisotopic (exact) mass is 276 g/mol. The van der Waals surface area contributed by atoms with Crippen molar-refractivity contribution in [3.8, 4) is 0 Å². The zero-order valence-electron chi connectivity index (χ0n) is 11.8. The molecule has 0 aliphatic heterocycles. The number of carbonyl (C=O) groups excluding carboxylic acids is 2. The van der Waals surface area contributed by atoms with E-state index < -0.39 is 17.5 Å². The maximum Gasteiger partial charge on any atom is 0.359 e. The second-order valence-electron chi connectivity index (χ2n) is 5.26. The average molecular weight is 276 g/mol. The highest BCUT2D eigenvalue weighted by Gasteiger charge is 2.21. The molecule has 0 amide bonds. The number of methoxy groups -OCH3 is 1. The largest absolute Gasteiger partial charge is 0.464 e. The molecule has 0 bridgehead atoms. The lowest BCUT2D eigenvalue weighted by molar-refractivity contribution is 0.00632. The fraction of sp³-hybridized carbons (Fsp3) is 0.357. The Kier molecular flexibility index (Phi) is 3.48. The molecular formula is C14H16N2O4. The number of nitrogens with zero attached hydrogens (tertiary/aromatic N) is 2. The molecule has 0 N–H and O–H groups in total. The maximum atomic E-state index is 12.0. The van der Waals surface area contributed by atoms with Crippen LogP contribution >= 0.6 is 0 Å². The van der Waals surface area contributed by atoms with Crippen LogP contribution in [0, 0.1) is 0 Å². The van der Waals surface area contributed by atoms with Gasteiger partial charge in [-0.05, 0) is 32.9 Å². The third-order valence-corrected chi connectivity index (χ3v) is 2.49. The number of fused-ring (bicyclic) bond motifs is 1.